The van der Waals surface area contributed by atoms with Crippen molar-refractivity contribution in [1.82, 2.24) is 4.90 Å². The molecule has 26 heavy (non-hydrogen) atoms. The van der Waals surface area contributed by atoms with E-state index in [0.717, 1.165) is 30.0 Å². The number of likely N-dealkylation sites (tertiary alicyclic amines) is 1. The van der Waals surface area contributed by atoms with E-state index >= 15 is 0 Å². The van der Waals surface area contributed by atoms with Crippen LogP contribution in [-0.4, -0.2) is 29.5 Å². The van der Waals surface area contributed by atoms with Gasteiger partial charge in [-0.3, -0.25) is 15.0 Å². The Morgan fingerprint density at radius 2 is 2.12 bits per heavy atom. The Labute approximate surface area is 157 Å². The summed E-state index contributed by atoms with van der Waals surface area (Å²) in [5.41, 5.74) is 2.83. The fraction of sp³-hybridized carbons (Fsp3) is 0.316. The maximum atomic E-state index is 10.9. The second kappa shape index (κ2) is 7.32. The van der Waals surface area contributed by atoms with Crippen LogP contribution in [0.5, 0.6) is 5.75 Å². The molecule has 0 unspecified atom stereocenters. The third kappa shape index (κ3) is 3.36. The van der Waals surface area contributed by atoms with Gasteiger partial charge in [0.05, 0.1) is 23.2 Å². The van der Waals surface area contributed by atoms with Crippen molar-refractivity contribution in [3.8, 4) is 11.8 Å². The number of ether oxygens (including phenoxy) is 1. The minimum atomic E-state index is -0.360. The molecule has 0 saturated carbocycles. The summed E-state index contributed by atoms with van der Waals surface area (Å²) in [5, 5.41) is 20.1. The number of nitro groups is 1. The number of rotatable bonds is 3. The Morgan fingerprint density at radius 3 is 2.88 bits per heavy atom. The molecule has 2 heterocycles. The van der Waals surface area contributed by atoms with Gasteiger partial charge in [-0.15, -0.1) is 12.4 Å². The fourth-order valence-electron chi connectivity index (χ4n) is 3.87. The fourth-order valence-corrected chi connectivity index (χ4v) is 3.87. The SMILES string of the molecule is Cl.N#Cc1ccc2c(c1)[C@@H]1CN(Cc3cccc([N+](=O)[O-])c3)C[C@H]1CO2. The van der Waals surface area contributed by atoms with Crippen molar-refractivity contribution in [3.05, 3.63) is 69.3 Å². The number of non-ortho nitro benzene ring substituents is 1. The number of halogens is 1. The number of nitro benzene ring substituents is 1. The largest absolute Gasteiger partial charge is 0.493 e. The monoisotopic (exact) mass is 371 g/mol. The topological polar surface area (TPSA) is 79.4 Å². The molecule has 6 nitrogen and oxygen atoms in total. The first-order valence-electron chi connectivity index (χ1n) is 8.26. The molecule has 134 valence electrons. The van der Waals surface area contributed by atoms with Crippen LogP contribution in [0.25, 0.3) is 0 Å². The highest BCUT2D eigenvalue weighted by Gasteiger charge is 2.38. The summed E-state index contributed by atoms with van der Waals surface area (Å²) in [6, 6.07) is 14.6. The van der Waals surface area contributed by atoms with E-state index in [2.05, 4.69) is 11.0 Å². The molecule has 2 atom stereocenters. The van der Waals surface area contributed by atoms with E-state index in [1.165, 1.54) is 6.07 Å². The molecule has 2 aliphatic rings. The van der Waals surface area contributed by atoms with Gasteiger partial charge in [0, 0.05) is 49.2 Å². The summed E-state index contributed by atoms with van der Waals surface area (Å²) in [6.45, 7) is 3.12. The molecule has 0 aromatic heterocycles. The Balaban J connectivity index is 0.00000196. The lowest BCUT2D eigenvalue weighted by Crippen LogP contribution is -2.25. The second-order valence-corrected chi connectivity index (χ2v) is 6.66. The minimum Gasteiger partial charge on any atom is -0.493 e. The van der Waals surface area contributed by atoms with Crippen LogP contribution in [0, 0.1) is 27.4 Å². The summed E-state index contributed by atoms with van der Waals surface area (Å²) in [7, 11) is 0. The molecule has 1 fully saturated rings. The van der Waals surface area contributed by atoms with E-state index in [1.54, 1.807) is 18.2 Å². The van der Waals surface area contributed by atoms with E-state index < -0.39 is 0 Å². The molecule has 7 heteroatoms. The zero-order valence-electron chi connectivity index (χ0n) is 14.0. The summed E-state index contributed by atoms with van der Waals surface area (Å²) >= 11 is 0. The molecule has 1 saturated heterocycles. The van der Waals surface area contributed by atoms with Gasteiger partial charge in [-0.1, -0.05) is 12.1 Å². The second-order valence-electron chi connectivity index (χ2n) is 6.66. The van der Waals surface area contributed by atoms with Crippen LogP contribution in [0.4, 0.5) is 5.69 Å². The maximum Gasteiger partial charge on any atom is 0.269 e. The number of benzene rings is 2. The van der Waals surface area contributed by atoms with Crippen molar-refractivity contribution in [2.75, 3.05) is 19.7 Å². The standard InChI is InChI=1S/C19H17N3O3.ClH/c20-8-13-4-5-19-17(7-13)18-11-21(10-15(18)12-25-19)9-14-2-1-3-16(6-14)22(23)24;/h1-7,15,18H,9-12H2;1H/t15-,18+;/m0./s1. The lowest BCUT2D eigenvalue weighted by molar-refractivity contribution is -0.384. The molecule has 2 aromatic rings. The van der Waals surface area contributed by atoms with Crippen molar-refractivity contribution in [1.29, 1.82) is 5.26 Å². The van der Waals surface area contributed by atoms with Crippen LogP contribution in [-0.2, 0) is 6.54 Å². The molecule has 2 aliphatic heterocycles. The van der Waals surface area contributed by atoms with Gasteiger partial charge < -0.3 is 4.74 Å². The van der Waals surface area contributed by atoms with Crippen molar-refractivity contribution < 1.29 is 9.66 Å². The van der Waals surface area contributed by atoms with E-state index in [0.29, 0.717) is 30.6 Å². The first kappa shape index (κ1) is 18.2. The molecular formula is C19H18ClN3O3. The maximum absolute atomic E-state index is 10.9. The van der Waals surface area contributed by atoms with Crippen molar-refractivity contribution in [3.63, 3.8) is 0 Å². The third-order valence-electron chi connectivity index (χ3n) is 5.04. The number of nitrogens with zero attached hydrogens (tertiary/aromatic N) is 3. The van der Waals surface area contributed by atoms with Crippen LogP contribution in [0.15, 0.2) is 42.5 Å². The number of hydrogen-bond acceptors (Lipinski definition) is 5. The highest BCUT2D eigenvalue weighted by atomic mass is 35.5. The molecular weight excluding hydrogens is 354 g/mol. The smallest absolute Gasteiger partial charge is 0.269 e. The zero-order valence-corrected chi connectivity index (χ0v) is 14.8. The van der Waals surface area contributed by atoms with E-state index in [-0.39, 0.29) is 23.0 Å². The first-order valence-corrected chi connectivity index (χ1v) is 8.26. The van der Waals surface area contributed by atoms with Crippen molar-refractivity contribution in [2.45, 2.75) is 12.5 Å². The van der Waals surface area contributed by atoms with Gasteiger partial charge in [0.2, 0.25) is 0 Å². The molecule has 0 amide bonds. The third-order valence-corrected chi connectivity index (χ3v) is 5.04. The predicted octanol–water partition coefficient (Wildman–Crippen LogP) is 3.50. The molecule has 0 bridgehead atoms. The van der Waals surface area contributed by atoms with Gasteiger partial charge in [-0.05, 0) is 23.8 Å². The Bertz CT molecular complexity index is 881. The first-order chi connectivity index (χ1) is 12.1. The van der Waals surface area contributed by atoms with Crippen molar-refractivity contribution >= 4 is 18.1 Å². The van der Waals surface area contributed by atoms with Gasteiger partial charge in [0.15, 0.2) is 0 Å². The lowest BCUT2D eigenvalue weighted by Gasteiger charge is -2.27. The van der Waals surface area contributed by atoms with Gasteiger partial charge in [0.25, 0.3) is 5.69 Å². The van der Waals surface area contributed by atoms with Crippen LogP contribution in [0.2, 0.25) is 0 Å². The van der Waals surface area contributed by atoms with Gasteiger partial charge in [-0.2, -0.15) is 5.26 Å². The van der Waals surface area contributed by atoms with E-state index in [4.69, 9.17) is 10.00 Å². The van der Waals surface area contributed by atoms with Crippen LogP contribution in [0.3, 0.4) is 0 Å². The Kier molecular flexibility index (Phi) is 5.12. The molecule has 0 N–H and O–H groups in total. The number of nitriles is 1. The average Bonchev–Trinajstić information content (AvgIpc) is 3.04. The number of fused-ring (bicyclic) bond motifs is 3. The molecule has 0 aliphatic carbocycles. The summed E-state index contributed by atoms with van der Waals surface area (Å²) in [5.74, 6) is 1.60. The van der Waals surface area contributed by atoms with E-state index in [1.807, 2.05) is 18.2 Å². The van der Waals surface area contributed by atoms with Gasteiger partial charge in [0.1, 0.15) is 5.75 Å². The summed E-state index contributed by atoms with van der Waals surface area (Å²) in [4.78, 5) is 12.9. The molecule has 0 spiro atoms. The lowest BCUT2D eigenvalue weighted by atomic mass is 9.86. The highest BCUT2D eigenvalue weighted by Crippen LogP contribution is 2.42. The Morgan fingerprint density at radius 1 is 1.27 bits per heavy atom. The summed E-state index contributed by atoms with van der Waals surface area (Å²) < 4.78 is 5.86. The molecule has 2 aromatic carbocycles. The van der Waals surface area contributed by atoms with E-state index in [9.17, 15) is 10.1 Å². The zero-order chi connectivity index (χ0) is 17.4. The minimum absolute atomic E-state index is 0. The van der Waals surface area contributed by atoms with Crippen LogP contribution in [0.1, 0.15) is 22.6 Å². The number of hydrogen-bond donors (Lipinski definition) is 0. The highest BCUT2D eigenvalue weighted by molar-refractivity contribution is 5.85. The normalized spacial score (nSPS) is 20.9. The predicted molar refractivity (Wildman–Crippen MR) is 98.5 cm³/mol. The van der Waals surface area contributed by atoms with Crippen molar-refractivity contribution in [2.24, 2.45) is 5.92 Å². The van der Waals surface area contributed by atoms with Gasteiger partial charge >= 0.3 is 0 Å². The Hall–Kier alpha value is -2.62. The van der Waals surface area contributed by atoms with Crippen LogP contribution >= 0.6 is 12.4 Å². The quantitative estimate of drug-likeness (QED) is 0.609. The van der Waals surface area contributed by atoms with Gasteiger partial charge in [-0.25, -0.2) is 0 Å². The molecule has 4 rings (SSSR count). The molecule has 0 radical (unpaired) electrons. The average molecular weight is 372 g/mol. The summed E-state index contributed by atoms with van der Waals surface area (Å²) in [6.07, 6.45) is 0. The van der Waals surface area contributed by atoms with Crippen LogP contribution < -0.4 is 4.74 Å².